The molecule has 1 fully saturated rings. The molecule has 0 aliphatic carbocycles. The van der Waals surface area contributed by atoms with E-state index in [0.29, 0.717) is 29.3 Å². The minimum absolute atomic E-state index is 0.0982. The number of rotatable bonds is 9. The van der Waals surface area contributed by atoms with Gasteiger partial charge in [0.15, 0.2) is 0 Å². The number of hydrogen-bond acceptors (Lipinski definition) is 6. The van der Waals surface area contributed by atoms with Gasteiger partial charge >= 0.3 is 0 Å². The number of methoxy groups -OCH3 is 1. The first-order valence-electron chi connectivity index (χ1n) is 9.89. The molecule has 1 aliphatic heterocycles. The first-order chi connectivity index (χ1) is 14.8. The predicted octanol–water partition coefficient (Wildman–Crippen LogP) is 2.60. The maximum Gasteiger partial charge on any atom is 0.286 e. The first-order valence-corrected chi connectivity index (χ1v) is 9.89. The third kappa shape index (κ3) is 6.38. The van der Waals surface area contributed by atoms with E-state index in [1.807, 2.05) is 0 Å². The van der Waals surface area contributed by atoms with Gasteiger partial charge in [-0.15, -0.1) is 0 Å². The van der Waals surface area contributed by atoms with Crippen molar-refractivity contribution in [2.75, 3.05) is 26.9 Å². The lowest BCUT2D eigenvalue weighted by molar-refractivity contribution is -0.123. The quantitative estimate of drug-likeness (QED) is 0.586. The second-order valence-corrected chi connectivity index (χ2v) is 7.36. The van der Waals surface area contributed by atoms with Crippen LogP contribution in [-0.4, -0.2) is 55.0 Å². The van der Waals surface area contributed by atoms with Crippen LogP contribution < -0.4 is 15.4 Å². The van der Waals surface area contributed by atoms with Crippen molar-refractivity contribution in [1.82, 2.24) is 20.6 Å². The van der Waals surface area contributed by atoms with Crippen LogP contribution in [-0.2, 0) is 22.0 Å². The number of nitrogens with one attached hydrogen (secondary N) is 2. The summed E-state index contributed by atoms with van der Waals surface area (Å²) in [4.78, 5) is 20.5. The van der Waals surface area contributed by atoms with Gasteiger partial charge in [-0.2, -0.15) is 8.78 Å². The van der Waals surface area contributed by atoms with Gasteiger partial charge in [0.25, 0.3) is 5.92 Å². The lowest BCUT2D eigenvalue weighted by Gasteiger charge is -2.14. The summed E-state index contributed by atoms with van der Waals surface area (Å²) in [6, 6.07) is 5.60. The van der Waals surface area contributed by atoms with Crippen LogP contribution in [0.1, 0.15) is 24.7 Å². The molecule has 10 heteroatoms. The molecular formula is C21H25F3N4O3. The van der Waals surface area contributed by atoms with Crippen LogP contribution in [0.5, 0.6) is 5.88 Å². The van der Waals surface area contributed by atoms with Gasteiger partial charge in [-0.1, -0.05) is 6.07 Å². The summed E-state index contributed by atoms with van der Waals surface area (Å²) >= 11 is 0. The Bertz CT molecular complexity index is 890. The second kappa shape index (κ2) is 10.1. The Labute approximate surface area is 178 Å². The molecule has 2 aromatic rings. The minimum Gasteiger partial charge on any atom is -0.475 e. The molecule has 7 nitrogen and oxygen atoms in total. The van der Waals surface area contributed by atoms with Crippen molar-refractivity contribution in [3.8, 4) is 17.0 Å². The van der Waals surface area contributed by atoms with E-state index in [0.717, 1.165) is 6.92 Å². The SMILES string of the molecule is COCCOc1cc(-c2ccc(C(C)(F)F)nc2)cc(CNC(=O)[C@@H]2C[C@@H](F)CN2)n1. The van der Waals surface area contributed by atoms with Crippen molar-refractivity contribution in [1.29, 1.82) is 0 Å². The molecule has 3 rings (SSSR count). The fourth-order valence-electron chi connectivity index (χ4n) is 3.14. The van der Waals surface area contributed by atoms with Crippen LogP contribution in [0.4, 0.5) is 13.2 Å². The zero-order valence-electron chi connectivity index (χ0n) is 17.3. The highest BCUT2D eigenvalue weighted by Crippen LogP contribution is 2.28. The zero-order chi connectivity index (χ0) is 22.4. The number of amides is 1. The van der Waals surface area contributed by atoms with E-state index in [9.17, 15) is 18.0 Å². The molecule has 31 heavy (non-hydrogen) atoms. The van der Waals surface area contributed by atoms with Crippen LogP contribution >= 0.6 is 0 Å². The Morgan fingerprint density at radius 2 is 2.10 bits per heavy atom. The molecule has 1 aliphatic rings. The van der Waals surface area contributed by atoms with Crippen molar-refractivity contribution < 1.29 is 27.4 Å². The Morgan fingerprint density at radius 3 is 2.71 bits per heavy atom. The highest BCUT2D eigenvalue weighted by atomic mass is 19.3. The van der Waals surface area contributed by atoms with Gasteiger partial charge in [0.05, 0.1) is 24.9 Å². The number of aromatic nitrogens is 2. The van der Waals surface area contributed by atoms with Crippen molar-refractivity contribution in [3.05, 3.63) is 41.9 Å². The van der Waals surface area contributed by atoms with Gasteiger partial charge in [-0.25, -0.2) is 9.37 Å². The number of nitrogens with zero attached hydrogens (tertiary/aromatic N) is 2. The Balaban J connectivity index is 1.78. The number of hydrogen-bond donors (Lipinski definition) is 2. The number of alkyl halides is 3. The van der Waals surface area contributed by atoms with Crippen LogP contribution in [0.3, 0.4) is 0 Å². The van der Waals surface area contributed by atoms with Gasteiger partial charge in [0.1, 0.15) is 18.5 Å². The topological polar surface area (TPSA) is 85.4 Å². The fraction of sp³-hybridized carbons (Fsp3) is 0.476. The highest BCUT2D eigenvalue weighted by Gasteiger charge is 2.29. The summed E-state index contributed by atoms with van der Waals surface area (Å²) in [7, 11) is 1.55. The average molecular weight is 438 g/mol. The molecule has 1 saturated heterocycles. The van der Waals surface area contributed by atoms with Crippen molar-refractivity contribution >= 4 is 5.91 Å². The number of ether oxygens (including phenoxy) is 2. The molecule has 1 amide bonds. The molecule has 2 aromatic heterocycles. The summed E-state index contributed by atoms with van der Waals surface area (Å²) in [5.74, 6) is -3.05. The third-order valence-corrected chi connectivity index (χ3v) is 4.78. The molecule has 0 bridgehead atoms. The maximum absolute atomic E-state index is 13.4. The molecule has 0 radical (unpaired) electrons. The molecule has 0 unspecified atom stereocenters. The Morgan fingerprint density at radius 1 is 1.29 bits per heavy atom. The van der Waals surface area contributed by atoms with Crippen LogP contribution in [0.25, 0.3) is 11.1 Å². The van der Waals surface area contributed by atoms with E-state index in [1.54, 1.807) is 25.3 Å². The highest BCUT2D eigenvalue weighted by molar-refractivity contribution is 5.82. The summed E-state index contributed by atoms with van der Waals surface area (Å²) < 4.78 is 50.8. The van der Waals surface area contributed by atoms with Crippen LogP contribution in [0, 0.1) is 0 Å². The minimum atomic E-state index is -3.03. The number of carbonyl (C=O) groups is 1. The lowest BCUT2D eigenvalue weighted by atomic mass is 10.1. The third-order valence-electron chi connectivity index (χ3n) is 4.78. The molecular weight excluding hydrogens is 413 g/mol. The summed E-state index contributed by atoms with van der Waals surface area (Å²) in [6.07, 6.45) is 0.446. The van der Waals surface area contributed by atoms with Gasteiger partial charge < -0.3 is 20.1 Å². The van der Waals surface area contributed by atoms with Gasteiger partial charge in [-0.05, 0) is 17.7 Å². The molecule has 2 N–H and O–H groups in total. The number of halogens is 3. The van der Waals surface area contributed by atoms with E-state index in [2.05, 4.69) is 20.6 Å². The molecule has 0 saturated carbocycles. The van der Waals surface area contributed by atoms with Gasteiger partial charge in [0.2, 0.25) is 11.8 Å². The fourth-order valence-corrected chi connectivity index (χ4v) is 3.14. The molecule has 0 aromatic carbocycles. The summed E-state index contributed by atoms with van der Waals surface area (Å²) in [6.45, 7) is 1.66. The van der Waals surface area contributed by atoms with Crippen molar-refractivity contribution in [2.24, 2.45) is 0 Å². The molecule has 0 spiro atoms. The normalized spacial score (nSPS) is 18.7. The Hall–Kier alpha value is -2.72. The van der Waals surface area contributed by atoms with Gasteiger partial charge in [0, 0.05) is 44.8 Å². The summed E-state index contributed by atoms with van der Waals surface area (Å²) in [5, 5.41) is 5.57. The van der Waals surface area contributed by atoms with E-state index >= 15 is 0 Å². The maximum atomic E-state index is 13.4. The molecule has 2 atom stereocenters. The largest absolute Gasteiger partial charge is 0.475 e. The lowest BCUT2D eigenvalue weighted by Crippen LogP contribution is -2.40. The average Bonchev–Trinajstić information content (AvgIpc) is 3.18. The predicted molar refractivity (Wildman–Crippen MR) is 108 cm³/mol. The van der Waals surface area contributed by atoms with E-state index < -0.39 is 18.1 Å². The first kappa shape index (κ1) is 23.0. The zero-order valence-corrected chi connectivity index (χ0v) is 17.3. The van der Waals surface area contributed by atoms with E-state index in [1.165, 1.54) is 12.3 Å². The standard InChI is InChI=1S/C21H25F3N4O3/c1-21(23,24)18-4-3-13(10-26-18)14-7-16(28-19(8-14)31-6-5-30-2)12-27-20(29)17-9-15(22)11-25-17/h3-4,7-8,10,15,17,25H,5-6,9,11-12H2,1-2H3,(H,27,29)/t15-,17+/m1/s1. The van der Waals surface area contributed by atoms with Crippen molar-refractivity contribution in [3.63, 3.8) is 0 Å². The summed E-state index contributed by atoms with van der Waals surface area (Å²) in [5.41, 5.74) is 1.41. The monoisotopic (exact) mass is 438 g/mol. The second-order valence-electron chi connectivity index (χ2n) is 7.36. The molecule has 168 valence electrons. The number of pyridine rings is 2. The Kier molecular flexibility index (Phi) is 7.45. The van der Waals surface area contributed by atoms with Gasteiger partial charge in [-0.3, -0.25) is 9.78 Å². The van der Waals surface area contributed by atoms with Crippen molar-refractivity contribution in [2.45, 2.75) is 38.0 Å². The smallest absolute Gasteiger partial charge is 0.286 e. The van der Waals surface area contributed by atoms with Crippen LogP contribution in [0.2, 0.25) is 0 Å². The van der Waals surface area contributed by atoms with Crippen LogP contribution in [0.15, 0.2) is 30.5 Å². The van der Waals surface area contributed by atoms with E-state index in [4.69, 9.17) is 9.47 Å². The molecule has 3 heterocycles. The number of carbonyl (C=O) groups excluding carboxylic acids is 1. The van der Waals surface area contributed by atoms with E-state index in [-0.39, 0.29) is 37.7 Å².